The molecule has 3 heteroatoms. The highest BCUT2D eigenvalue weighted by Gasteiger charge is 2.10. The van der Waals surface area contributed by atoms with Crippen molar-refractivity contribution in [2.45, 2.75) is 13.8 Å². The van der Waals surface area contributed by atoms with Gasteiger partial charge in [0.25, 0.3) is 0 Å². The average Bonchev–Trinajstić information content (AvgIpc) is 2.70. The van der Waals surface area contributed by atoms with Crippen LogP contribution < -0.4 is 0 Å². The van der Waals surface area contributed by atoms with E-state index in [1.54, 1.807) is 0 Å². The number of esters is 2. The lowest BCUT2D eigenvalue weighted by Gasteiger charge is -1.80. The summed E-state index contributed by atoms with van der Waals surface area (Å²) in [5.41, 5.74) is 1.17. The van der Waals surface area contributed by atoms with Gasteiger partial charge in [0.2, 0.25) is 0 Å². The van der Waals surface area contributed by atoms with Crippen molar-refractivity contribution in [2.24, 2.45) is 0 Å². The van der Waals surface area contributed by atoms with Crippen LogP contribution in [0.5, 0.6) is 0 Å². The normalized spacial score (nSPS) is 9.53. The SMILES string of the molecule is C=C.C=C.C=C.C=C(C)C.O=C1C=CC(=O)O1. The summed E-state index contributed by atoms with van der Waals surface area (Å²) in [6.45, 7) is 25.5. The van der Waals surface area contributed by atoms with Crippen molar-refractivity contribution < 1.29 is 14.3 Å². The lowest BCUT2D eigenvalue weighted by Crippen LogP contribution is -1.96. The Morgan fingerprint density at radius 2 is 1.06 bits per heavy atom. The molecular formula is C14H22O3. The lowest BCUT2D eigenvalue weighted by atomic mass is 10.4. The maximum absolute atomic E-state index is 9.92. The molecule has 0 unspecified atom stereocenters. The van der Waals surface area contributed by atoms with Gasteiger partial charge < -0.3 is 4.74 Å². The van der Waals surface area contributed by atoms with Gasteiger partial charge in [-0.25, -0.2) is 9.59 Å². The molecule has 0 radical (unpaired) electrons. The maximum atomic E-state index is 9.92. The molecule has 0 saturated heterocycles. The summed E-state index contributed by atoms with van der Waals surface area (Å²) in [5.74, 6) is -1.16. The first-order valence-corrected chi connectivity index (χ1v) is 4.58. The smallest absolute Gasteiger partial charge is 0.338 e. The summed E-state index contributed by atoms with van der Waals surface area (Å²) in [4.78, 5) is 19.8. The van der Waals surface area contributed by atoms with Crippen LogP contribution in [0.3, 0.4) is 0 Å². The first kappa shape index (κ1) is 24.2. The zero-order chi connectivity index (χ0) is 14.9. The number of carbonyl (C=O) groups excluding carboxylic acids is 2. The van der Waals surface area contributed by atoms with E-state index in [1.165, 1.54) is 5.57 Å². The summed E-state index contributed by atoms with van der Waals surface area (Å²) in [6.07, 6.45) is 2.17. The highest BCUT2D eigenvalue weighted by atomic mass is 16.6. The Balaban J connectivity index is -0.0000000735. The monoisotopic (exact) mass is 238 g/mol. The van der Waals surface area contributed by atoms with Gasteiger partial charge in [0.15, 0.2) is 0 Å². The summed E-state index contributed by atoms with van der Waals surface area (Å²) in [6, 6.07) is 0. The second kappa shape index (κ2) is 23.6. The van der Waals surface area contributed by atoms with E-state index in [0.717, 1.165) is 12.2 Å². The summed E-state index contributed by atoms with van der Waals surface area (Å²) >= 11 is 0. The Morgan fingerprint density at radius 3 is 1.12 bits per heavy atom. The quantitative estimate of drug-likeness (QED) is 0.368. The molecule has 96 valence electrons. The van der Waals surface area contributed by atoms with Gasteiger partial charge in [-0.2, -0.15) is 0 Å². The van der Waals surface area contributed by atoms with Crippen molar-refractivity contribution >= 4 is 11.9 Å². The van der Waals surface area contributed by atoms with Crippen LogP contribution >= 0.6 is 0 Å². The van der Waals surface area contributed by atoms with Gasteiger partial charge in [-0.3, -0.25) is 0 Å². The molecule has 0 aliphatic carbocycles. The standard InChI is InChI=1S/C4H2O3.C4H8.3C2H4/c5-3-1-2-4(6)7-3;1-4(2)3;3*1-2/h1-2H;1H2,2-3H3;3*1-2H2. The molecule has 0 atom stereocenters. The molecule has 0 amide bonds. The number of hydrogen-bond acceptors (Lipinski definition) is 3. The third-order valence-electron chi connectivity index (χ3n) is 0.557. The topological polar surface area (TPSA) is 43.4 Å². The highest BCUT2D eigenvalue weighted by molar-refractivity contribution is 6.04. The maximum Gasteiger partial charge on any atom is 0.338 e. The Kier molecular flexibility index (Phi) is 33.5. The van der Waals surface area contributed by atoms with Gasteiger partial charge in [-0.05, 0) is 13.8 Å². The molecule has 0 aromatic rings. The minimum absolute atomic E-state index is 0.579. The Bertz CT molecular complexity index is 227. The molecule has 0 N–H and O–H groups in total. The predicted octanol–water partition coefficient (Wildman–Crippen LogP) is 3.62. The first-order valence-electron chi connectivity index (χ1n) is 4.58. The molecule has 17 heavy (non-hydrogen) atoms. The van der Waals surface area contributed by atoms with Crippen LogP contribution in [0.25, 0.3) is 0 Å². The zero-order valence-electron chi connectivity index (χ0n) is 10.8. The first-order chi connectivity index (χ1) is 8.02. The van der Waals surface area contributed by atoms with Crippen LogP contribution in [0.1, 0.15) is 13.8 Å². The van der Waals surface area contributed by atoms with Gasteiger partial charge in [-0.15, -0.1) is 46.1 Å². The molecule has 3 nitrogen and oxygen atoms in total. The van der Waals surface area contributed by atoms with Crippen LogP contribution in [0.15, 0.2) is 63.8 Å². The van der Waals surface area contributed by atoms with Crippen molar-refractivity contribution in [2.75, 3.05) is 0 Å². The van der Waals surface area contributed by atoms with Crippen LogP contribution in [0.4, 0.5) is 0 Å². The van der Waals surface area contributed by atoms with Gasteiger partial charge in [0, 0.05) is 12.2 Å². The van der Waals surface area contributed by atoms with E-state index in [-0.39, 0.29) is 0 Å². The van der Waals surface area contributed by atoms with Crippen LogP contribution in [0.2, 0.25) is 0 Å². The second-order valence-corrected chi connectivity index (χ2v) is 2.28. The third-order valence-corrected chi connectivity index (χ3v) is 0.557. The summed E-state index contributed by atoms with van der Waals surface area (Å²) < 4.78 is 3.97. The van der Waals surface area contributed by atoms with E-state index in [9.17, 15) is 9.59 Å². The van der Waals surface area contributed by atoms with Gasteiger partial charge >= 0.3 is 11.9 Å². The fraction of sp³-hybridized carbons (Fsp3) is 0.143. The van der Waals surface area contributed by atoms with Crippen LogP contribution in [-0.4, -0.2) is 11.9 Å². The van der Waals surface area contributed by atoms with E-state index in [2.05, 4.69) is 50.8 Å². The molecule has 1 heterocycles. The fourth-order valence-corrected chi connectivity index (χ4v) is 0.303. The number of rotatable bonds is 0. The number of hydrogen-bond donors (Lipinski definition) is 0. The second-order valence-electron chi connectivity index (χ2n) is 2.28. The number of allylic oxidation sites excluding steroid dienone is 1. The van der Waals surface area contributed by atoms with Crippen molar-refractivity contribution in [3.05, 3.63) is 63.8 Å². The Morgan fingerprint density at radius 1 is 0.882 bits per heavy atom. The zero-order valence-corrected chi connectivity index (χ0v) is 10.8. The fourth-order valence-electron chi connectivity index (χ4n) is 0.303. The molecule has 1 rings (SSSR count). The third kappa shape index (κ3) is 41.5. The van der Waals surface area contributed by atoms with Gasteiger partial charge in [0.05, 0.1) is 0 Å². The molecule has 0 spiro atoms. The van der Waals surface area contributed by atoms with Crippen molar-refractivity contribution in [3.63, 3.8) is 0 Å². The molecule has 0 fully saturated rings. The number of carbonyl (C=O) groups is 2. The molecule has 0 aromatic carbocycles. The van der Waals surface area contributed by atoms with E-state index in [1.807, 2.05) is 13.8 Å². The molecule has 1 aliphatic rings. The molecule has 1 aliphatic heterocycles. The predicted molar refractivity (Wildman–Crippen MR) is 74.5 cm³/mol. The lowest BCUT2D eigenvalue weighted by molar-refractivity contribution is -0.150. The van der Waals surface area contributed by atoms with Crippen molar-refractivity contribution in [1.82, 2.24) is 0 Å². The minimum Gasteiger partial charge on any atom is -0.387 e. The van der Waals surface area contributed by atoms with Gasteiger partial charge in [0.1, 0.15) is 0 Å². The summed E-state index contributed by atoms with van der Waals surface area (Å²) in [7, 11) is 0. The largest absolute Gasteiger partial charge is 0.387 e. The van der Waals surface area contributed by atoms with E-state index >= 15 is 0 Å². The van der Waals surface area contributed by atoms with E-state index < -0.39 is 11.9 Å². The minimum atomic E-state index is -0.579. The summed E-state index contributed by atoms with van der Waals surface area (Å²) in [5, 5.41) is 0. The van der Waals surface area contributed by atoms with Crippen molar-refractivity contribution in [1.29, 1.82) is 0 Å². The number of ether oxygens (including phenoxy) is 1. The molecule has 0 saturated carbocycles. The molecule has 0 aromatic heterocycles. The highest BCUT2D eigenvalue weighted by Crippen LogP contribution is 1.92. The Labute approximate surface area is 104 Å². The number of cyclic esters (lactones) is 2. The molecular weight excluding hydrogens is 216 g/mol. The Hall–Kier alpha value is -2.16. The van der Waals surface area contributed by atoms with Crippen molar-refractivity contribution in [3.8, 4) is 0 Å². The average molecular weight is 238 g/mol. The van der Waals surface area contributed by atoms with Crippen LogP contribution in [0, 0.1) is 0 Å². The van der Waals surface area contributed by atoms with E-state index in [4.69, 9.17) is 0 Å². The van der Waals surface area contributed by atoms with Gasteiger partial charge in [-0.1, -0.05) is 5.57 Å². The molecule has 0 bridgehead atoms. The van der Waals surface area contributed by atoms with E-state index in [0.29, 0.717) is 0 Å². The van der Waals surface area contributed by atoms with Crippen LogP contribution in [-0.2, 0) is 14.3 Å².